The van der Waals surface area contributed by atoms with Crippen molar-refractivity contribution < 1.29 is 28.8 Å². The van der Waals surface area contributed by atoms with Crippen molar-refractivity contribution >= 4 is 47.0 Å². The molecule has 0 aliphatic rings. The van der Waals surface area contributed by atoms with Gasteiger partial charge in [-0.15, -0.1) is 0 Å². The lowest BCUT2D eigenvalue weighted by Crippen LogP contribution is -2.32. The average molecular weight is 497 g/mol. The topological polar surface area (TPSA) is 149 Å². The third-order valence-electron chi connectivity index (χ3n) is 4.43. The molecule has 0 radical (unpaired) electrons. The van der Waals surface area contributed by atoms with E-state index in [1.165, 1.54) is 55.6 Å². The van der Waals surface area contributed by atoms with Gasteiger partial charge in [-0.25, -0.2) is 10.2 Å². The minimum atomic E-state index is -1.09. The van der Waals surface area contributed by atoms with Crippen LogP contribution in [0.25, 0.3) is 0 Å². The van der Waals surface area contributed by atoms with E-state index in [1.54, 1.807) is 18.2 Å². The van der Waals surface area contributed by atoms with Crippen LogP contribution in [0.1, 0.15) is 15.9 Å². The SMILES string of the molecule is COc1ccc(Cl)cc1NC(=O)C(=O)N/N=C/c1ccccc1OC(=O)c1ccccc1[N+](=O)[O-]. The van der Waals surface area contributed by atoms with Crippen molar-refractivity contribution in [1.82, 2.24) is 5.43 Å². The molecule has 0 spiro atoms. The van der Waals surface area contributed by atoms with Crippen LogP contribution in [0.3, 0.4) is 0 Å². The van der Waals surface area contributed by atoms with Crippen LogP contribution in [0.5, 0.6) is 11.5 Å². The van der Waals surface area contributed by atoms with Crippen LogP contribution in [0.2, 0.25) is 5.02 Å². The Kier molecular flexibility index (Phi) is 8.09. The number of nitrogens with one attached hydrogen (secondary N) is 2. The van der Waals surface area contributed by atoms with Gasteiger partial charge in [-0.3, -0.25) is 19.7 Å². The average Bonchev–Trinajstić information content (AvgIpc) is 2.85. The Labute approximate surface area is 203 Å². The van der Waals surface area contributed by atoms with Gasteiger partial charge in [-0.05, 0) is 36.4 Å². The van der Waals surface area contributed by atoms with Gasteiger partial charge in [0, 0.05) is 16.7 Å². The summed E-state index contributed by atoms with van der Waals surface area (Å²) in [5, 5.41) is 17.6. The highest BCUT2D eigenvalue weighted by atomic mass is 35.5. The summed E-state index contributed by atoms with van der Waals surface area (Å²) in [7, 11) is 1.39. The van der Waals surface area contributed by atoms with Gasteiger partial charge in [0.15, 0.2) is 0 Å². The molecule has 0 bridgehead atoms. The standard InChI is InChI=1S/C23H17ClN4O7/c1-34-20-11-10-15(24)12-17(20)26-21(29)22(30)27-25-13-14-6-2-5-9-19(14)35-23(31)16-7-3-4-8-18(16)28(32)33/h2-13H,1H3,(H,26,29)(H,27,30)/b25-13+. The Balaban J connectivity index is 1.68. The molecule has 0 heterocycles. The van der Waals surface area contributed by atoms with Crippen LogP contribution in [-0.4, -0.2) is 36.0 Å². The van der Waals surface area contributed by atoms with Crippen molar-refractivity contribution in [1.29, 1.82) is 0 Å². The number of hydrogen-bond acceptors (Lipinski definition) is 8. The molecule has 0 aliphatic carbocycles. The van der Waals surface area contributed by atoms with Crippen molar-refractivity contribution in [2.75, 3.05) is 12.4 Å². The molecular weight excluding hydrogens is 480 g/mol. The normalized spacial score (nSPS) is 10.5. The molecule has 0 saturated heterocycles. The molecule has 2 amide bonds. The smallest absolute Gasteiger partial charge is 0.350 e. The van der Waals surface area contributed by atoms with Gasteiger partial charge < -0.3 is 14.8 Å². The molecule has 0 unspecified atom stereocenters. The number of esters is 1. The second-order valence-corrected chi connectivity index (χ2v) is 7.14. The molecule has 0 fully saturated rings. The number of nitro groups is 1. The third kappa shape index (κ3) is 6.39. The summed E-state index contributed by atoms with van der Waals surface area (Å²) in [6, 6.07) is 16.0. The maximum Gasteiger partial charge on any atom is 0.350 e. The molecule has 0 atom stereocenters. The van der Waals surface area contributed by atoms with E-state index in [0.29, 0.717) is 10.8 Å². The minimum Gasteiger partial charge on any atom is -0.495 e. The fourth-order valence-corrected chi connectivity index (χ4v) is 2.98. The summed E-state index contributed by atoms with van der Waals surface area (Å²) in [4.78, 5) is 47.3. The number of para-hydroxylation sites is 2. The van der Waals surface area contributed by atoms with Crippen molar-refractivity contribution in [2.24, 2.45) is 5.10 Å². The fourth-order valence-electron chi connectivity index (χ4n) is 2.81. The number of carbonyl (C=O) groups is 3. The number of benzene rings is 3. The van der Waals surface area contributed by atoms with E-state index in [4.69, 9.17) is 21.1 Å². The van der Waals surface area contributed by atoms with Crippen LogP contribution in [0.4, 0.5) is 11.4 Å². The lowest BCUT2D eigenvalue weighted by molar-refractivity contribution is -0.385. The first-order chi connectivity index (χ1) is 16.8. The lowest BCUT2D eigenvalue weighted by Gasteiger charge is -2.09. The number of amides is 2. The molecule has 3 rings (SSSR count). The lowest BCUT2D eigenvalue weighted by atomic mass is 10.2. The molecule has 0 saturated carbocycles. The Morgan fingerprint density at radius 1 is 1.00 bits per heavy atom. The quantitative estimate of drug-likeness (QED) is 0.127. The predicted octanol–water partition coefficient (Wildman–Crippen LogP) is 3.56. The molecule has 12 heteroatoms. The number of anilines is 1. The number of methoxy groups -OCH3 is 1. The molecule has 3 aromatic rings. The zero-order valence-corrected chi connectivity index (χ0v) is 18.8. The van der Waals surface area contributed by atoms with E-state index >= 15 is 0 Å². The number of hydrogen-bond donors (Lipinski definition) is 2. The summed E-state index contributed by atoms with van der Waals surface area (Å²) >= 11 is 5.90. The Bertz CT molecular complexity index is 1330. The highest BCUT2D eigenvalue weighted by molar-refractivity contribution is 6.40. The van der Waals surface area contributed by atoms with E-state index < -0.39 is 28.4 Å². The molecule has 35 heavy (non-hydrogen) atoms. The number of nitrogens with zero attached hydrogens (tertiary/aromatic N) is 2. The number of ether oxygens (including phenoxy) is 2. The monoisotopic (exact) mass is 496 g/mol. The van der Waals surface area contributed by atoms with Crippen LogP contribution in [-0.2, 0) is 9.59 Å². The van der Waals surface area contributed by atoms with E-state index in [0.717, 1.165) is 6.21 Å². The largest absolute Gasteiger partial charge is 0.495 e. The van der Waals surface area contributed by atoms with E-state index in [9.17, 15) is 24.5 Å². The van der Waals surface area contributed by atoms with Gasteiger partial charge in [0.05, 0.1) is 23.9 Å². The summed E-state index contributed by atoms with van der Waals surface area (Å²) in [6.07, 6.45) is 1.15. The highest BCUT2D eigenvalue weighted by Crippen LogP contribution is 2.27. The van der Waals surface area contributed by atoms with Gasteiger partial charge in [0.1, 0.15) is 17.1 Å². The molecule has 178 valence electrons. The summed E-state index contributed by atoms with van der Waals surface area (Å²) in [6.45, 7) is 0. The number of hydrazone groups is 1. The van der Waals surface area contributed by atoms with Gasteiger partial charge >= 0.3 is 17.8 Å². The van der Waals surface area contributed by atoms with Crippen LogP contribution < -0.4 is 20.2 Å². The van der Waals surface area contributed by atoms with Gasteiger partial charge in [-0.1, -0.05) is 35.9 Å². The third-order valence-corrected chi connectivity index (χ3v) is 4.66. The zero-order valence-electron chi connectivity index (χ0n) is 18.1. The van der Waals surface area contributed by atoms with Gasteiger partial charge in [-0.2, -0.15) is 5.10 Å². The molecule has 0 aromatic heterocycles. The fraction of sp³-hybridized carbons (Fsp3) is 0.0435. The van der Waals surface area contributed by atoms with Crippen LogP contribution >= 0.6 is 11.6 Å². The summed E-state index contributed by atoms with van der Waals surface area (Å²) in [5.74, 6) is -2.73. The highest BCUT2D eigenvalue weighted by Gasteiger charge is 2.22. The molecule has 11 nitrogen and oxygen atoms in total. The first kappa shape index (κ1) is 24.9. The minimum absolute atomic E-state index is 0.0294. The Hall–Kier alpha value is -4.77. The number of rotatable bonds is 7. The molecule has 3 aromatic carbocycles. The number of nitro benzene ring substituents is 1. The maximum atomic E-state index is 12.5. The first-order valence-corrected chi connectivity index (χ1v) is 10.2. The Morgan fingerprint density at radius 3 is 2.46 bits per heavy atom. The number of halogens is 1. The van der Waals surface area contributed by atoms with Crippen LogP contribution in [0, 0.1) is 10.1 Å². The van der Waals surface area contributed by atoms with Gasteiger partial charge in [0.2, 0.25) is 0 Å². The van der Waals surface area contributed by atoms with Crippen molar-refractivity contribution in [3.05, 3.63) is 93.0 Å². The van der Waals surface area contributed by atoms with E-state index in [1.807, 2.05) is 0 Å². The molecule has 0 aliphatic heterocycles. The maximum absolute atomic E-state index is 12.5. The summed E-state index contributed by atoms with van der Waals surface area (Å²) < 4.78 is 10.4. The van der Waals surface area contributed by atoms with Crippen LogP contribution in [0.15, 0.2) is 71.8 Å². The number of carbonyl (C=O) groups excluding carboxylic acids is 3. The first-order valence-electron chi connectivity index (χ1n) is 9.82. The van der Waals surface area contributed by atoms with E-state index in [-0.39, 0.29) is 22.6 Å². The zero-order chi connectivity index (χ0) is 25.4. The molecule has 2 N–H and O–H groups in total. The van der Waals surface area contributed by atoms with Gasteiger partial charge in [0.25, 0.3) is 5.69 Å². The van der Waals surface area contributed by atoms with Crippen molar-refractivity contribution in [3.8, 4) is 11.5 Å². The predicted molar refractivity (Wildman–Crippen MR) is 127 cm³/mol. The molecular formula is C23H17ClN4O7. The van der Waals surface area contributed by atoms with Crippen molar-refractivity contribution in [2.45, 2.75) is 0 Å². The van der Waals surface area contributed by atoms with Crippen molar-refractivity contribution in [3.63, 3.8) is 0 Å². The van der Waals surface area contributed by atoms with E-state index in [2.05, 4.69) is 15.8 Å². The second-order valence-electron chi connectivity index (χ2n) is 6.70. The summed E-state index contributed by atoms with van der Waals surface area (Å²) in [5.41, 5.74) is 1.87. The Morgan fingerprint density at radius 2 is 1.71 bits per heavy atom. The second kappa shape index (κ2) is 11.4.